The van der Waals surface area contributed by atoms with E-state index in [0.717, 1.165) is 11.4 Å². The maximum atomic E-state index is 12.4. The molecule has 1 saturated heterocycles. The molecule has 0 saturated carbocycles. The molecule has 0 unspecified atom stereocenters. The van der Waals surface area contributed by atoms with E-state index in [1.807, 2.05) is 24.3 Å². The Hall–Kier alpha value is -3.53. The number of amides is 3. The molecule has 0 atom stereocenters. The molecular weight excluding hydrogens is 342 g/mol. The standard InChI is InChI=1S/C20H21N5O2/c1-15(26)22-18-3-2-4-19(13-18)24-9-11-25(12-10-24)20(27)23-17-7-5-16(14-21)6-8-17/h2-8,13H,9-12H2,1H3,(H,22,26)(H,23,27). The number of piperazine rings is 1. The third-order valence-electron chi connectivity index (χ3n) is 4.36. The molecule has 2 aromatic carbocycles. The van der Waals surface area contributed by atoms with Crippen LogP contribution in [0.1, 0.15) is 12.5 Å². The molecule has 0 radical (unpaired) electrons. The summed E-state index contributed by atoms with van der Waals surface area (Å²) in [4.78, 5) is 27.6. The summed E-state index contributed by atoms with van der Waals surface area (Å²) in [5.41, 5.74) is 3.02. The molecule has 3 rings (SSSR count). The Balaban J connectivity index is 1.56. The maximum absolute atomic E-state index is 12.4. The summed E-state index contributed by atoms with van der Waals surface area (Å²) < 4.78 is 0. The summed E-state index contributed by atoms with van der Waals surface area (Å²) in [5, 5.41) is 14.5. The van der Waals surface area contributed by atoms with Crippen molar-refractivity contribution in [1.29, 1.82) is 5.26 Å². The van der Waals surface area contributed by atoms with E-state index in [0.29, 0.717) is 37.4 Å². The average Bonchev–Trinajstić information content (AvgIpc) is 2.68. The van der Waals surface area contributed by atoms with Crippen molar-refractivity contribution in [1.82, 2.24) is 4.90 Å². The lowest BCUT2D eigenvalue weighted by Crippen LogP contribution is -2.50. The summed E-state index contributed by atoms with van der Waals surface area (Å²) in [6.07, 6.45) is 0. The van der Waals surface area contributed by atoms with E-state index in [4.69, 9.17) is 5.26 Å². The quantitative estimate of drug-likeness (QED) is 0.878. The van der Waals surface area contributed by atoms with Crippen LogP contribution in [0.15, 0.2) is 48.5 Å². The summed E-state index contributed by atoms with van der Waals surface area (Å²) >= 11 is 0. The summed E-state index contributed by atoms with van der Waals surface area (Å²) in [6, 6.07) is 16.4. The number of carbonyl (C=O) groups is 2. The van der Waals surface area contributed by atoms with Crippen molar-refractivity contribution in [3.8, 4) is 6.07 Å². The van der Waals surface area contributed by atoms with Crippen molar-refractivity contribution in [2.75, 3.05) is 41.7 Å². The molecule has 7 heteroatoms. The zero-order valence-corrected chi connectivity index (χ0v) is 15.1. The Morgan fingerprint density at radius 1 is 0.963 bits per heavy atom. The number of nitrogens with one attached hydrogen (secondary N) is 2. The van der Waals surface area contributed by atoms with Crippen LogP contribution in [0, 0.1) is 11.3 Å². The first-order chi connectivity index (χ1) is 13.0. The van der Waals surface area contributed by atoms with Crippen LogP contribution < -0.4 is 15.5 Å². The van der Waals surface area contributed by atoms with Crippen molar-refractivity contribution < 1.29 is 9.59 Å². The molecule has 2 N–H and O–H groups in total. The lowest BCUT2D eigenvalue weighted by molar-refractivity contribution is -0.114. The van der Waals surface area contributed by atoms with Gasteiger partial charge in [-0.3, -0.25) is 4.79 Å². The molecule has 1 heterocycles. The van der Waals surface area contributed by atoms with E-state index < -0.39 is 0 Å². The number of nitrogens with zero attached hydrogens (tertiary/aromatic N) is 3. The van der Waals surface area contributed by atoms with Gasteiger partial charge in [0.25, 0.3) is 0 Å². The molecule has 2 aromatic rings. The first kappa shape index (κ1) is 18.3. The highest BCUT2D eigenvalue weighted by Gasteiger charge is 2.21. The number of urea groups is 1. The van der Waals surface area contributed by atoms with E-state index in [1.54, 1.807) is 29.2 Å². The lowest BCUT2D eigenvalue weighted by Gasteiger charge is -2.36. The van der Waals surface area contributed by atoms with Crippen LogP contribution in [0.4, 0.5) is 21.9 Å². The second-order valence-electron chi connectivity index (χ2n) is 6.32. The molecule has 0 aromatic heterocycles. The number of carbonyl (C=O) groups excluding carboxylic acids is 2. The molecule has 0 aliphatic carbocycles. The smallest absolute Gasteiger partial charge is 0.321 e. The summed E-state index contributed by atoms with van der Waals surface area (Å²) in [5.74, 6) is -0.101. The Labute approximate surface area is 158 Å². The van der Waals surface area contributed by atoms with Gasteiger partial charge in [0.15, 0.2) is 0 Å². The van der Waals surface area contributed by atoms with Crippen LogP contribution in [-0.4, -0.2) is 43.0 Å². The minimum atomic E-state index is -0.147. The van der Waals surface area contributed by atoms with Gasteiger partial charge in [0.05, 0.1) is 11.6 Å². The number of benzene rings is 2. The largest absolute Gasteiger partial charge is 0.368 e. The van der Waals surface area contributed by atoms with E-state index in [-0.39, 0.29) is 11.9 Å². The Bertz CT molecular complexity index is 865. The van der Waals surface area contributed by atoms with Gasteiger partial charge in [-0.25, -0.2) is 4.79 Å². The zero-order chi connectivity index (χ0) is 19.2. The lowest BCUT2D eigenvalue weighted by atomic mass is 10.2. The van der Waals surface area contributed by atoms with Crippen LogP contribution in [0.2, 0.25) is 0 Å². The molecule has 1 aliphatic heterocycles. The van der Waals surface area contributed by atoms with E-state index in [1.165, 1.54) is 6.92 Å². The van der Waals surface area contributed by atoms with E-state index >= 15 is 0 Å². The third-order valence-corrected chi connectivity index (χ3v) is 4.36. The van der Waals surface area contributed by atoms with Crippen molar-refractivity contribution in [2.24, 2.45) is 0 Å². The summed E-state index contributed by atoms with van der Waals surface area (Å²) in [6.45, 7) is 4.12. The number of anilines is 3. The van der Waals surface area contributed by atoms with Gasteiger partial charge in [-0.2, -0.15) is 5.26 Å². The predicted octanol–water partition coefficient (Wildman–Crippen LogP) is 2.87. The second-order valence-corrected chi connectivity index (χ2v) is 6.32. The van der Waals surface area contributed by atoms with Gasteiger partial charge in [0.2, 0.25) is 5.91 Å². The normalized spacial score (nSPS) is 13.6. The Kier molecular flexibility index (Phi) is 5.57. The van der Waals surface area contributed by atoms with Gasteiger partial charge < -0.3 is 20.4 Å². The first-order valence-corrected chi connectivity index (χ1v) is 8.74. The predicted molar refractivity (Wildman–Crippen MR) is 105 cm³/mol. The summed E-state index contributed by atoms with van der Waals surface area (Å²) in [7, 11) is 0. The number of hydrogen-bond donors (Lipinski definition) is 2. The monoisotopic (exact) mass is 363 g/mol. The van der Waals surface area contributed by atoms with Gasteiger partial charge in [-0.1, -0.05) is 6.07 Å². The van der Waals surface area contributed by atoms with Crippen molar-refractivity contribution in [3.63, 3.8) is 0 Å². The fourth-order valence-electron chi connectivity index (χ4n) is 2.98. The SMILES string of the molecule is CC(=O)Nc1cccc(N2CCN(C(=O)Nc3ccc(C#N)cc3)CC2)c1. The zero-order valence-electron chi connectivity index (χ0n) is 15.1. The molecule has 1 aliphatic rings. The third kappa shape index (κ3) is 4.76. The molecule has 1 fully saturated rings. The van der Waals surface area contributed by atoms with Crippen molar-refractivity contribution >= 4 is 29.0 Å². The van der Waals surface area contributed by atoms with Gasteiger partial charge >= 0.3 is 6.03 Å². The maximum Gasteiger partial charge on any atom is 0.321 e. The van der Waals surface area contributed by atoms with Crippen molar-refractivity contribution in [2.45, 2.75) is 6.92 Å². The number of nitriles is 1. The van der Waals surface area contributed by atoms with Gasteiger partial charge in [0.1, 0.15) is 0 Å². The fraction of sp³-hybridized carbons (Fsp3) is 0.250. The molecule has 0 bridgehead atoms. The van der Waals surface area contributed by atoms with Crippen LogP contribution >= 0.6 is 0 Å². The minimum absolute atomic E-state index is 0.101. The van der Waals surface area contributed by atoms with E-state index in [9.17, 15) is 9.59 Å². The number of hydrogen-bond acceptors (Lipinski definition) is 4. The topological polar surface area (TPSA) is 88.5 Å². The van der Waals surface area contributed by atoms with Gasteiger partial charge in [0, 0.05) is 50.2 Å². The van der Waals surface area contributed by atoms with Crippen LogP contribution in [0.25, 0.3) is 0 Å². The highest BCUT2D eigenvalue weighted by Crippen LogP contribution is 2.21. The Morgan fingerprint density at radius 2 is 1.67 bits per heavy atom. The second kappa shape index (κ2) is 8.23. The minimum Gasteiger partial charge on any atom is -0.368 e. The van der Waals surface area contributed by atoms with Crippen molar-refractivity contribution in [3.05, 3.63) is 54.1 Å². The first-order valence-electron chi connectivity index (χ1n) is 8.74. The van der Waals surface area contributed by atoms with Crippen LogP contribution in [0.5, 0.6) is 0 Å². The van der Waals surface area contributed by atoms with Crippen LogP contribution in [0.3, 0.4) is 0 Å². The highest BCUT2D eigenvalue weighted by molar-refractivity contribution is 5.90. The Morgan fingerprint density at radius 3 is 2.30 bits per heavy atom. The molecule has 27 heavy (non-hydrogen) atoms. The molecule has 0 spiro atoms. The molecule has 7 nitrogen and oxygen atoms in total. The molecule has 138 valence electrons. The fourth-order valence-corrected chi connectivity index (χ4v) is 2.98. The number of rotatable bonds is 3. The highest BCUT2D eigenvalue weighted by atomic mass is 16.2. The molecule has 3 amide bonds. The van der Waals surface area contributed by atoms with Gasteiger partial charge in [-0.05, 0) is 42.5 Å². The van der Waals surface area contributed by atoms with Crippen LogP contribution in [-0.2, 0) is 4.79 Å². The van der Waals surface area contributed by atoms with Gasteiger partial charge in [-0.15, -0.1) is 0 Å². The van der Waals surface area contributed by atoms with E-state index in [2.05, 4.69) is 21.6 Å². The molecular formula is C20H21N5O2. The average molecular weight is 363 g/mol.